The van der Waals surface area contributed by atoms with Crippen molar-refractivity contribution in [3.63, 3.8) is 0 Å². The van der Waals surface area contributed by atoms with E-state index < -0.39 is 5.97 Å². The van der Waals surface area contributed by atoms with Crippen molar-refractivity contribution in [2.24, 2.45) is 0 Å². The first-order valence-corrected chi connectivity index (χ1v) is 9.34. The van der Waals surface area contributed by atoms with Gasteiger partial charge in [-0.1, -0.05) is 0 Å². The Labute approximate surface area is 154 Å². The zero-order chi connectivity index (χ0) is 18.8. The van der Waals surface area contributed by atoms with Crippen molar-refractivity contribution in [3.05, 3.63) is 22.5 Å². The summed E-state index contributed by atoms with van der Waals surface area (Å²) in [5, 5.41) is 0. The Bertz CT molecular complexity index is 676. The second-order valence-corrected chi connectivity index (χ2v) is 7.25. The number of nitrogens with zero attached hydrogens (tertiary/aromatic N) is 1. The molecule has 1 aromatic rings. The molecule has 2 fully saturated rings. The Hall–Kier alpha value is -1.86. The van der Waals surface area contributed by atoms with E-state index in [1.54, 1.807) is 27.7 Å². The molecule has 144 valence electrons. The molecule has 1 N–H and O–H groups in total. The van der Waals surface area contributed by atoms with Crippen molar-refractivity contribution in [2.75, 3.05) is 19.8 Å². The summed E-state index contributed by atoms with van der Waals surface area (Å²) in [5.41, 5.74) is 2.18. The van der Waals surface area contributed by atoms with Crippen LogP contribution in [0.3, 0.4) is 0 Å². The zero-order valence-electron chi connectivity index (χ0n) is 16.0. The van der Waals surface area contributed by atoms with Crippen molar-refractivity contribution >= 4 is 11.9 Å². The molecule has 0 aromatic carbocycles. The molecule has 7 heteroatoms. The fourth-order valence-electron chi connectivity index (χ4n) is 3.78. The normalized spacial score (nSPS) is 21.4. The Morgan fingerprint density at radius 2 is 1.88 bits per heavy atom. The van der Waals surface area contributed by atoms with E-state index in [9.17, 15) is 9.59 Å². The quantitative estimate of drug-likeness (QED) is 0.831. The second kappa shape index (κ2) is 7.80. The number of hydrogen-bond donors (Lipinski definition) is 1. The standard InChI is InChI=1S/C19H28N2O5/c1-11(2)26-18(23)15-12(3)16(20-13(15)4)17(22)21-8-6-5-7-14(21)19-24-9-10-25-19/h11,14,19-20H,5-10H2,1-4H3. The molecular weight excluding hydrogens is 336 g/mol. The van der Waals surface area contributed by atoms with Crippen LogP contribution in [0.15, 0.2) is 0 Å². The number of H-pyrrole nitrogens is 1. The highest BCUT2D eigenvalue weighted by Gasteiger charge is 2.38. The van der Waals surface area contributed by atoms with Gasteiger partial charge in [0.1, 0.15) is 5.69 Å². The number of hydrogen-bond acceptors (Lipinski definition) is 5. The number of carbonyl (C=O) groups excluding carboxylic acids is 2. The maximum Gasteiger partial charge on any atom is 0.340 e. The Kier molecular flexibility index (Phi) is 5.67. The van der Waals surface area contributed by atoms with E-state index in [4.69, 9.17) is 14.2 Å². The summed E-state index contributed by atoms with van der Waals surface area (Å²) in [6, 6.07) is -0.0900. The molecule has 0 radical (unpaired) electrons. The van der Waals surface area contributed by atoms with Crippen LogP contribution in [0.25, 0.3) is 0 Å². The molecule has 2 aliphatic heterocycles. The molecule has 7 nitrogen and oxygen atoms in total. The molecule has 2 aliphatic rings. The number of amides is 1. The maximum atomic E-state index is 13.2. The van der Waals surface area contributed by atoms with Gasteiger partial charge in [0.15, 0.2) is 6.29 Å². The van der Waals surface area contributed by atoms with Gasteiger partial charge in [-0.2, -0.15) is 0 Å². The van der Waals surface area contributed by atoms with Gasteiger partial charge in [0.25, 0.3) is 5.91 Å². The van der Waals surface area contributed by atoms with Crippen molar-refractivity contribution in [2.45, 2.75) is 65.4 Å². The highest BCUT2D eigenvalue weighted by molar-refractivity contribution is 6.00. The fourth-order valence-corrected chi connectivity index (χ4v) is 3.78. The van der Waals surface area contributed by atoms with Gasteiger partial charge in [-0.15, -0.1) is 0 Å². The summed E-state index contributed by atoms with van der Waals surface area (Å²) in [5.74, 6) is -0.513. The summed E-state index contributed by atoms with van der Waals surface area (Å²) in [6.07, 6.45) is 2.29. The second-order valence-electron chi connectivity index (χ2n) is 7.25. The summed E-state index contributed by atoms with van der Waals surface area (Å²) in [4.78, 5) is 30.5. The van der Waals surface area contributed by atoms with Gasteiger partial charge in [0, 0.05) is 12.2 Å². The lowest BCUT2D eigenvalue weighted by atomic mass is 10.0. The highest BCUT2D eigenvalue weighted by atomic mass is 16.7. The molecule has 0 saturated carbocycles. The van der Waals surface area contributed by atoms with E-state index in [2.05, 4.69) is 4.98 Å². The number of aryl methyl sites for hydroxylation is 1. The van der Waals surface area contributed by atoms with Gasteiger partial charge in [-0.05, 0) is 52.5 Å². The largest absolute Gasteiger partial charge is 0.459 e. The van der Waals surface area contributed by atoms with Crippen LogP contribution in [0, 0.1) is 13.8 Å². The first-order valence-electron chi connectivity index (χ1n) is 9.34. The smallest absolute Gasteiger partial charge is 0.340 e. The van der Waals surface area contributed by atoms with Gasteiger partial charge in [-0.25, -0.2) is 4.79 Å². The average molecular weight is 364 g/mol. The van der Waals surface area contributed by atoms with Crippen LogP contribution < -0.4 is 0 Å². The SMILES string of the molecule is Cc1[nH]c(C(=O)N2CCCCC2C2OCCO2)c(C)c1C(=O)OC(C)C. The molecule has 1 unspecified atom stereocenters. The molecule has 0 bridgehead atoms. The topological polar surface area (TPSA) is 80.9 Å². The predicted octanol–water partition coefficient (Wildman–Crippen LogP) is 2.56. The number of esters is 1. The lowest BCUT2D eigenvalue weighted by Crippen LogP contribution is -2.50. The minimum atomic E-state index is -0.400. The van der Waals surface area contributed by atoms with Crippen LogP contribution in [-0.4, -0.2) is 60.0 Å². The molecular formula is C19H28N2O5. The van der Waals surface area contributed by atoms with E-state index in [-0.39, 0.29) is 24.3 Å². The van der Waals surface area contributed by atoms with Crippen LogP contribution in [0.1, 0.15) is 65.2 Å². The molecule has 26 heavy (non-hydrogen) atoms. The molecule has 1 amide bonds. The van der Waals surface area contributed by atoms with Gasteiger partial charge in [-0.3, -0.25) is 4.79 Å². The summed E-state index contributed by atoms with van der Waals surface area (Å²) in [7, 11) is 0. The van der Waals surface area contributed by atoms with Gasteiger partial charge in [0.2, 0.25) is 0 Å². The molecule has 3 rings (SSSR count). The summed E-state index contributed by atoms with van der Waals surface area (Å²) in [6.45, 7) is 8.98. The Morgan fingerprint density at radius 1 is 1.19 bits per heavy atom. The Morgan fingerprint density at radius 3 is 2.54 bits per heavy atom. The summed E-state index contributed by atoms with van der Waals surface area (Å²) < 4.78 is 16.6. The van der Waals surface area contributed by atoms with Crippen LogP contribution in [0.5, 0.6) is 0 Å². The van der Waals surface area contributed by atoms with Crippen molar-refractivity contribution in [1.29, 1.82) is 0 Å². The minimum Gasteiger partial charge on any atom is -0.459 e. The van der Waals surface area contributed by atoms with Crippen molar-refractivity contribution in [1.82, 2.24) is 9.88 Å². The first kappa shape index (κ1) is 18.9. The maximum absolute atomic E-state index is 13.2. The van der Waals surface area contributed by atoms with E-state index >= 15 is 0 Å². The number of ether oxygens (including phenoxy) is 3. The zero-order valence-corrected chi connectivity index (χ0v) is 16.0. The highest BCUT2D eigenvalue weighted by Crippen LogP contribution is 2.28. The molecule has 0 spiro atoms. The number of aromatic amines is 1. The monoisotopic (exact) mass is 364 g/mol. The van der Waals surface area contributed by atoms with Crippen LogP contribution in [0.4, 0.5) is 0 Å². The number of carbonyl (C=O) groups is 2. The first-order chi connectivity index (χ1) is 12.4. The van der Waals surface area contributed by atoms with Crippen molar-refractivity contribution < 1.29 is 23.8 Å². The van der Waals surface area contributed by atoms with E-state index in [1.165, 1.54) is 0 Å². The van der Waals surface area contributed by atoms with E-state index in [0.717, 1.165) is 19.3 Å². The summed E-state index contributed by atoms with van der Waals surface area (Å²) >= 11 is 0. The lowest BCUT2D eigenvalue weighted by molar-refractivity contribution is -0.100. The van der Waals surface area contributed by atoms with E-state index in [1.807, 2.05) is 4.90 Å². The third-order valence-corrected chi connectivity index (χ3v) is 4.97. The third-order valence-electron chi connectivity index (χ3n) is 4.97. The number of aromatic nitrogens is 1. The van der Waals surface area contributed by atoms with E-state index in [0.29, 0.717) is 42.3 Å². The van der Waals surface area contributed by atoms with Gasteiger partial charge in [0.05, 0.1) is 30.9 Å². The Balaban J connectivity index is 1.85. The number of nitrogens with one attached hydrogen (secondary N) is 1. The third kappa shape index (κ3) is 3.64. The average Bonchev–Trinajstić information content (AvgIpc) is 3.22. The number of likely N-dealkylation sites (tertiary alicyclic amines) is 1. The number of rotatable bonds is 4. The molecule has 3 heterocycles. The van der Waals surface area contributed by atoms with Gasteiger partial charge >= 0.3 is 5.97 Å². The molecule has 0 aliphatic carbocycles. The van der Waals surface area contributed by atoms with Crippen LogP contribution in [0.2, 0.25) is 0 Å². The van der Waals surface area contributed by atoms with Crippen molar-refractivity contribution in [3.8, 4) is 0 Å². The molecule has 2 saturated heterocycles. The molecule has 1 atom stereocenters. The predicted molar refractivity (Wildman–Crippen MR) is 95.2 cm³/mol. The minimum absolute atomic E-state index is 0.0900. The van der Waals surface area contributed by atoms with Crippen LogP contribution in [-0.2, 0) is 14.2 Å². The van der Waals surface area contributed by atoms with Gasteiger partial charge < -0.3 is 24.1 Å². The molecule has 1 aromatic heterocycles. The fraction of sp³-hybridized carbons (Fsp3) is 0.684. The number of piperidine rings is 1. The van der Waals surface area contributed by atoms with Crippen LogP contribution >= 0.6 is 0 Å². The lowest BCUT2D eigenvalue weighted by Gasteiger charge is -2.37.